The van der Waals surface area contributed by atoms with Crippen LogP contribution in [-0.2, 0) is 0 Å². The topological polar surface area (TPSA) is 110 Å². The first-order valence-corrected chi connectivity index (χ1v) is 8.64. The number of nitrogen functional groups attached to an aromatic ring is 1. The van der Waals surface area contributed by atoms with Gasteiger partial charge in [0, 0.05) is 29.9 Å². The van der Waals surface area contributed by atoms with Crippen molar-refractivity contribution in [1.29, 1.82) is 0 Å². The third-order valence-electron chi connectivity index (χ3n) is 4.08. The van der Waals surface area contributed by atoms with Crippen LogP contribution in [0.3, 0.4) is 0 Å². The van der Waals surface area contributed by atoms with Crippen LogP contribution in [0.1, 0.15) is 26.2 Å². The number of pyridine rings is 1. The fraction of sp³-hybridized carbons (Fsp3) is 0.368. The highest BCUT2D eigenvalue weighted by Crippen LogP contribution is 2.37. The van der Waals surface area contributed by atoms with E-state index in [1.807, 2.05) is 30.3 Å². The summed E-state index contributed by atoms with van der Waals surface area (Å²) in [6.07, 6.45) is 3.32. The zero-order valence-electron chi connectivity index (χ0n) is 15.2. The van der Waals surface area contributed by atoms with Crippen LogP contribution in [0.5, 0.6) is 5.88 Å². The molecule has 0 aliphatic rings. The lowest BCUT2D eigenvalue weighted by molar-refractivity contribution is 0.194. The third-order valence-corrected chi connectivity index (χ3v) is 4.08. The van der Waals surface area contributed by atoms with Crippen LogP contribution in [0.4, 0.5) is 16.2 Å². The first-order valence-electron chi connectivity index (χ1n) is 8.64. The molecule has 7 heteroatoms. The number of methoxy groups -OCH3 is 1. The Morgan fingerprint density at radius 1 is 1.27 bits per heavy atom. The van der Waals surface area contributed by atoms with Crippen LogP contribution >= 0.6 is 0 Å². The molecule has 0 fully saturated rings. The van der Waals surface area contributed by atoms with Gasteiger partial charge in [0.25, 0.3) is 0 Å². The Morgan fingerprint density at radius 2 is 2.04 bits per heavy atom. The summed E-state index contributed by atoms with van der Waals surface area (Å²) in [5.41, 5.74) is 9.54. The third kappa shape index (κ3) is 5.27. The van der Waals surface area contributed by atoms with Crippen LogP contribution in [0, 0.1) is 0 Å². The predicted octanol–water partition coefficient (Wildman–Crippen LogP) is 3.58. The number of unbranched alkanes of at least 4 members (excludes halogenated alkanes) is 1. The lowest BCUT2D eigenvalue weighted by Crippen LogP contribution is -2.22. The second-order valence-corrected chi connectivity index (χ2v) is 6.10. The summed E-state index contributed by atoms with van der Waals surface area (Å²) in [5.74, 6) is 0.550. The van der Waals surface area contributed by atoms with Gasteiger partial charge in [-0.15, -0.1) is 0 Å². The van der Waals surface area contributed by atoms with E-state index in [1.54, 1.807) is 13.3 Å². The Balaban J connectivity index is 2.08. The van der Waals surface area contributed by atoms with Crippen LogP contribution in [0.2, 0.25) is 0 Å². The molecule has 0 saturated carbocycles. The van der Waals surface area contributed by atoms with Crippen LogP contribution in [0.25, 0.3) is 11.1 Å². The fourth-order valence-electron chi connectivity index (χ4n) is 2.80. The highest BCUT2D eigenvalue weighted by molar-refractivity contribution is 5.88. The second-order valence-electron chi connectivity index (χ2n) is 6.10. The molecule has 0 saturated heterocycles. The minimum absolute atomic E-state index is 0.186. The fourth-order valence-corrected chi connectivity index (χ4v) is 2.80. The summed E-state index contributed by atoms with van der Waals surface area (Å²) >= 11 is 0. The number of carbonyl (C=O) groups is 1. The summed E-state index contributed by atoms with van der Waals surface area (Å²) in [6, 6.07) is 9.76. The number of carboxylic acid groups (broad SMARTS) is 1. The minimum Gasteiger partial charge on any atom is -0.481 e. The van der Waals surface area contributed by atoms with Gasteiger partial charge in [-0.3, -0.25) is 0 Å². The largest absolute Gasteiger partial charge is 0.481 e. The first-order chi connectivity index (χ1) is 12.5. The normalized spacial score (nSPS) is 11.6. The summed E-state index contributed by atoms with van der Waals surface area (Å²) in [7, 11) is 1.60. The van der Waals surface area contributed by atoms with E-state index in [4.69, 9.17) is 15.6 Å². The van der Waals surface area contributed by atoms with E-state index in [0.29, 0.717) is 18.1 Å². The Labute approximate surface area is 153 Å². The Hall–Kier alpha value is -2.96. The molecule has 2 rings (SSSR count). The minimum atomic E-state index is -0.983. The second kappa shape index (κ2) is 9.50. The van der Waals surface area contributed by atoms with Crippen molar-refractivity contribution in [3.05, 3.63) is 36.5 Å². The van der Waals surface area contributed by atoms with Gasteiger partial charge in [-0.2, -0.15) is 0 Å². The van der Waals surface area contributed by atoms with E-state index in [9.17, 15) is 4.79 Å². The molecule has 0 aliphatic heterocycles. The van der Waals surface area contributed by atoms with Gasteiger partial charge in [0.2, 0.25) is 5.88 Å². The van der Waals surface area contributed by atoms with Crippen molar-refractivity contribution in [2.75, 3.05) is 24.7 Å². The molecular weight excluding hydrogens is 332 g/mol. The van der Waals surface area contributed by atoms with Gasteiger partial charge in [-0.1, -0.05) is 12.1 Å². The maximum absolute atomic E-state index is 10.4. The zero-order chi connectivity index (χ0) is 18.9. The summed E-state index contributed by atoms with van der Waals surface area (Å²) in [4.78, 5) is 14.7. The average Bonchev–Trinajstić information content (AvgIpc) is 2.63. The number of hydrogen-bond acceptors (Lipinski definition) is 5. The van der Waals surface area contributed by atoms with E-state index in [1.165, 1.54) is 0 Å². The predicted molar refractivity (Wildman–Crippen MR) is 104 cm³/mol. The Bertz CT molecular complexity index is 736. The average molecular weight is 358 g/mol. The zero-order valence-corrected chi connectivity index (χ0v) is 15.2. The molecule has 1 heterocycles. The summed E-state index contributed by atoms with van der Waals surface area (Å²) in [6.45, 7) is 2.55. The summed E-state index contributed by atoms with van der Waals surface area (Å²) in [5, 5.41) is 14.4. The number of nitrogens with zero attached hydrogens (tertiary/aromatic N) is 1. The number of benzene rings is 1. The molecule has 0 bridgehead atoms. The number of nitrogens with one attached hydrogen (secondary N) is 2. The van der Waals surface area contributed by atoms with Crippen LogP contribution < -0.4 is 21.1 Å². The van der Waals surface area contributed by atoms with Crippen molar-refractivity contribution in [1.82, 2.24) is 10.3 Å². The molecular formula is C19H26N4O3. The van der Waals surface area contributed by atoms with E-state index in [2.05, 4.69) is 22.5 Å². The van der Waals surface area contributed by atoms with Gasteiger partial charge < -0.3 is 26.2 Å². The van der Waals surface area contributed by atoms with Crippen LogP contribution in [-0.4, -0.2) is 35.9 Å². The monoisotopic (exact) mass is 358 g/mol. The van der Waals surface area contributed by atoms with Gasteiger partial charge in [-0.25, -0.2) is 9.78 Å². The van der Waals surface area contributed by atoms with E-state index >= 15 is 0 Å². The molecule has 1 unspecified atom stereocenters. The number of para-hydroxylation sites is 1. The molecule has 5 N–H and O–H groups in total. The Morgan fingerprint density at radius 3 is 2.77 bits per heavy atom. The number of rotatable bonds is 9. The number of amides is 1. The Kier molecular flexibility index (Phi) is 7.08. The van der Waals surface area contributed by atoms with Crippen molar-refractivity contribution in [3.8, 4) is 17.0 Å². The van der Waals surface area contributed by atoms with E-state index in [0.717, 1.165) is 36.1 Å². The molecule has 0 spiro atoms. The van der Waals surface area contributed by atoms with E-state index < -0.39 is 6.09 Å². The highest BCUT2D eigenvalue weighted by Gasteiger charge is 2.15. The maximum Gasteiger partial charge on any atom is 0.404 e. The molecule has 1 aromatic heterocycles. The van der Waals surface area contributed by atoms with Crippen molar-refractivity contribution in [2.45, 2.75) is 32.2 Å². The van der Waals surface area contributed by atoms with Gasteiger partial charge in [0.15, 0.2) is 0 Å². The van der Waals surface area contributed by atoms with Gasteiger partial charge >= 0.3 is 6.09 Å². The molecule has 1 aromatic carbocycles. The lowest BCUT2D eigenvalue weighted by Gasteiger charge is -2.20. The van der Waals surface area contributed by atoms with Crippen molar-refractivity contribution < 1.29 is 14.6 Å². The van der Waals surface area contributed by atoms with E-state index in [-0.39, 0.29) is 6.04 Å². The number of anilines is 2. The molecule has 1 amide bonds. The number of ether oxygens (including phenoxy) is 1. The SMILES string of the molecule is COc1ncccc1-c1cccc(N)c1NC(C)CCCCNC(=O)O. The molecule has 0 radical (unpaired) electrons. The van der Waals surface area contributed by atoms with Crippen LogP contribution in [0.15, 0.2) is 36.5 Å². The number of aromatic nitrogens is 1. The molecule has 7 nitrogen and oxygen atoms in total. The standard InChI is InChI=1S/C19H26N4O3/c1-13(7-3-4-11-22-19(24)25)23-17-14(8-5-10-16(17)20)15-9-6-12-21-18(15)26-2/h5-6,8-10,12-13,22-23H,3-4,7,11,20H2,1-2H3,(H,24,25). The van der Waals surface area contributed by atoms with Crippen molar-refractivity contribution in [2.24, 2.45) is 0 Å². The van der Waals surface area contributed by atoms with Crippen molar-refractivity contribution >= 4 is 17.5 Å². The smallest absolute Gasteiger partial charge is 0.404 e. The first kappa shape index (κ1) is 19.4. The summed E-state index contributed by atoms with van der Waals surface area (Å²) < 4.78 is 5.38. The molecule has 2 aromatic rings. The number of hydrogen-bond donors (Lipinski definition) is 4. The maximum atomic E-state index is 10.4. The molecule has 140 valence electrons. The quantitative estimate of drug-likeness (QED) is 0.403. The highest BCUT2D eigenvalue weighted by atomic mass is 16.5. The number of nitrogens with two attached hydrogens (primary N) is 1. The van der Waals surface area contributed by atoms with Gasteiger partial charge in [0.1, 0.15) is 0 Å². The lowest BCUT2D eigenvalue weighted by atomic mass is 10.0. The van der Waals surface area contributed by atoms with Gasteiger partial charge in [-0.05, 0) is 44.4 Å². The van der Waals surface area contributed by atoms with Gasteiger partial charge in [0.05, 0.1) is 18.5 Å². The molecule has 1 atom stereocenters. The molecule has 26 heavy (non-hydrogen) atoms. The van der Waals surface area contributed by atoms with Crippen molar-refractivity contribution in [3.63, 3.8) is 0 Å². The molecule has 0 aliphatic carbocycles.